The standard InChI is InChI=1S/C20H18N4O3/c21-10-15-17(16(11-22)19(25)24-18(15)23)13-7-4-8-14(9-13)27-20(26)12-5-2-1-3-6-12/h4,7-9,12H,1-3,5-6H2,(H3,23,24,25). The van der Waals surface area contributed by atoms with Crippen molar-refractivity contribution in [2.24, 2.45) is 5.92 Å². The predicted octanol–water partition coefficient (Wildman–Crippen LogP) is 2.85. The lowest BCUT2D eigenvalue weighted by Gasteiger charge is -2.20. The number of nitrogens with two attached hydrogens (primary N) is 1. The molecule has 1 fully saturated rings. The van der Waals surface area contributed by atoms with Gasteiger partial charge < -0.3 is 15.5 Å². The van der Waals surface area contributed by atoms with E-state index in [2.05, 4.69) is 4.98 Å². The topological polar surface area (TPSA) is 133 Å². The number of benzene rings is 1. The van der Waals surface area contributed by atoms with Crippen LogP contribution in [0.15, 0.2) is 29.1 Å². The highest BCUT2D eigenvalue weighted by Crippen LogP contribution is 2.31. The summed E-state index contributed by atoms with van der Waals surface area (Å²) in [5, 5.41) is 18.8. The van der Waals surface area contributed by atoms with Crippen LogP contribution in [0.2, 0.25) is 0 Å². The third kappa shape index (κ3) is 3.68. The predicted molar refractivity (Wildman–Crippen MR) is 98.6 cm³/mol. The van der Waals surface area contributed by atoms with E-state index in [0.29, 0.717) is 11.3 Å². The monoisotopic (exact) mass is 362 g/mol. The minimum atomic E-state index is -0.673. The number of nitrogens with one attached hydrogen (secondary N) is 1. The molecule has 0 amide bonds. The zero-order valence-electron chi connectivity index (χ0n) is 14.6. The molecule has 1 aromatic heterocycles. The van der Waals surface area contributed by atoms with Crippen molar-refractivity contribution in [3.63, 3.8) is 0 Å². The first-order valence-electron chi connectivity index (χ1n) is 8.73. The Morgan fingerprint density at radius 2 is 1.85 bits per heavy atom. The Morgan fingerprint density at radius 1 is 1.15 bits per heavy atom. The molecule has 0 atom stereocenters. The Kier molecular flexibility index (Phi) is 5.23. The van der Waals surface area contributed by atoms with Gasteiger partial charge in [-0.15, -0.1) is 0 Å². The van der Waals surface area contributed by atoms with Gasteiger partial charge in [-0.05, 0) is 30.5 Å². The summed E-state index contributed by atoms with van der Waals surface area (Å²) in [5.74, 6) is -0.198. The number of H-pyrrole nitrogens is 1. The molecule has 0 spiro atoms. The average molecular weight is 362 g/mol. The van der Waals surface area contributed by atoms with Crippen molar-refractivity contribution in [2.45, 2.75) is 32.1 Å². The first-order valence-corrected chi connectivity index (χ1v) is 8.73. The van der Waals surface area contributed by atoms with E-state index in [1.165, 1.54) is 6.07 Å². The molecule has 0 radical (unpaired) electrons. The van der Waals surface area contributed by atoms with Crippen LogP contribution in [0.25, 0.3) is 11.1 Å². The highest BCUT2D eigenvalue weighted by molar-refractivity contribution is 5.81. The normalized spacial score (nSPS) is 14.1. The number of nitrogen functional groups attached to an aromatic ring is 1. The van der Waals surface area contributed by atoms with Crippen LogP contribution in [0.4, 0.5) is 5.82 Å². The van der Waals surface area contributed by atoms with Crippen LogP contribution in [0.5, 0.6) is 5.75 Å². The molecule has 1 saturated carbocycles. The van der Waals surface area contributed by atoms with Gasteiger partial charge in [0, 0.05) is 5.56 Å². The summed E-state index contributed by atoms with van der Waals surface area (Å²) < 4.78 is 5.50. The smallest absolute Gasteiger partial charge is 0.314 e. The molecule has 3 rings (SSSR count). The quantitative estimate of drug-likeness (QED) is 0.637. The fourth-order valence-electron chi connectivity index (χ4n) is 3.38. The molecule has 136 valence electrons. The largest absolute Gasteiger partial charge is 0.426 e. The maximum absolute atomic E-state index is 12.4. The van der Waals surface area contributed by atoms with Crippen molar-refractivity contribution in [3.8, 4) is 29.0 Å². The Bertz CT molecular complexity index is 1020. The molecule has 7 heteroatoms. The van der Waals surface area contributed by atoms with Crippen molar-refractivity contribution in [3.05, 3.63) is 45.7 Å². The van der Waals surface area contributed by atoms with Crippen LogP contribution in [-0.4, -0.2) is 11.0 Å². The van der Waals surface area contributed by atoms with Crippen LogP contribution in [0.1, 0.15) is 43.2 Å². The summed E-state index contributed by atoms with van der Waals surface area (Å²) in [6.45, 7) is 0. The minimum absolute atomic E-state index is 0.00177. The summed E-state index contributed by atoms with van der Waals surface area (Å²) >= 11 is 0. The number of aromatic amines is 1. The first kappa shape index (κ1) is 18.2. The van der Waals surface area contributed by atoms with Gasteiger partial charge in [0.25, 0.3) is 5.56 Å². The van der Waals surface area contributed by atoms with E-state index in [1.807, 2.05) is 12.1 Å². The number of hydrogen-bond donors (Lipinski definition) is 2. The summed E-state index contributed by atoms with van der Waals surface area (Å²) in [6.07, 6.45) is 4.81. The second-order valence-corrected chi connectivity index (χ2v) is 6.50. The van der Waals surface area contributed by atoms with Gasteiger partial charge >= 0.3 is 5.97 Å². The van der Waals surface area contributed by atoms with Gasteiger partial charge in [0.1, 0.15) is 34.8 Å². The Hall–Kier alpha value is -3.58. The summed E-state index contributed by atoms with van der Waals surface area (Å²) in [6, 6.07) is 10.2. The molecule has 0 unspecified atom stereocenters. The number of esters is 1. The minimum Gasteiger partial charge on any atom is -0.426 e. The zero-order valence-corrected chi connectivity index (χ0v) is 14.6. The van der Waals surface area contributed by atoms with Crippen molar-refractivity contribution < 1.29 is 9.53 Å². The SMILES string of the molecule is N#Cc1c(N)[nH]c(=O)c(C#N)c1-c1cccc(OC(=O)C2CCCCC2)c1. The number of rotatable bonds is 3. The Morgan fingerprint density at radius 3 is 2.52 bits per heavy atom. The van der Waals surface area contributed by atoms with Crippen LogP contribution in [-0.2, 0) is 4.79 Å². The number of carbonyl (C=O) groups is 1. The molecular weight excluding hydrogens is 344 g/mol. The van der Waals surface area contributed by atoms with Gasteiger partial charge in [0.15, 0.2) is 0 Å². The number of pyridine rings is 1. The summed E-state index contributed by atoms with van der Waals surface area (Å²) in [4.78, 5) is 26.7. The third-order valence-corrected chi connectivity index (χ3v) is 4.75. The maximum Gasteiger partial charge on any atom is 0.314 e. The van der Waals surface area contributed by atoms with Gasteiger partial charge in [-0.1, -0.05) is 31.4 Å². The highest BCUT2D eigenvalue weighted by atomic mass is 16.5. The van der Waals surface area contributed by atoms with Gasteiger partial charge in [-0.3, -0.25) is 9.59 Å². The molecule has 0 aliphatic heterocycles. The third-order valence-electron chi connectivity index (χ3n) is 4.75. The Labute approximate surface area is 156 Å². The second kappa shape index (κ2) is 7.76. The van der Waals surface area contributed by atoms with E-state index in [0.717, 1.165) is 32.1 Å². The molecule has 1 aliphatic rings. The van der Waals surface area contributed by atoms with Gasteiger partial charge in [-0.25, -0.2) is 0 Å². The van der Waals surface area contributed by atoms with Crippen LogP contribution in [0, 0.1) is 28.6 Å². The average Bonchev–Trinajstić information content (AvgIpc) is 2.68. The molecule has 2 aromatic rings. The molecule has 1 aliphatic carbocycles. The fourth-order valence-corrected chi connectivity index (χ4v) is 3.38. The van der Waals surface area contributed by atoms with Crippen molar-refractivity contribution >= 4 is 11.8 Å². The fraction of sp³-hybridized carbons (Fsp3) is 0.300. The lowest BCUT2D eigenvalue weighted by Crippen LogP contribution is -2.22. The number of aromatic nitrogens is 1. The first-order chi connectivity index (χ1) is 13.0. The highest BCUT2D eigenvalue weighted by Gasteiger charge is 2.23. The molecule has 27 heavy (non-hydrogen) atoms. The van der Waals surface area contributed by atoms with Gasteiger partial charge in [0.05, 0.1) is 5.92 Å². The van der Waals surface area contributed by atoms with E-state index in [4.69, 9.17) is 10.5 Å². The lowest BCUT2D eigenvalue weighted by atomic mass is 9.89. The van der Waals surface area contributed by atoms with E-state index in [-0.39, 0.29) is 34.4 Å². The zero-order chi connectivity index (χ0) is 19.4. The van der Waals surface area contributed by atoms with Crippen molar-refractivity contribution in [2.75, 3.05) is 5.73 Å². The number of hydrogen-bond acceptors (Lipinski definition) is 6. The number of nitriles is 2. The van der Waals surface area contributed by atoms with E-state index in [1.54, 1.807) is 18.2 Å². The van der Waals surface area contributed by atoms with E-state index in [9.17, 15) is 20.1 Å². The second-order valence-electron chi connectivity index (χ2n) is 6.50. The molecule has 3 N–H and O–H groups in total. The summed E-state index contributed by atoms with van der Waals surface area (Å²) in [7, 11) is 0. The number of nitrogens with zero attached hydrogens (tertiary/aromatic N) is 2. The van der Waals surface area contributed by atoms with Crippen LogP contribution >= 0.6 is 0 Å². The van der Waals surface area contributed by atoms with Gasteiger partial charge in [-0.2, -0.15) is 10.5 Å². The number of ether oxygens (including phenoxy) is 1. The molecule has 0 saturated heterocycles. The molecule has 0 bridgehead atoms. The van der Waals surface area contributed by atoms with Crippen LogP contribution < -0.4 is 16.0 Å². The van der Waals surface area contributed by atoms with E-state index >= 15 is 0 Å². The Balaban J connectivity index is 1.99. The van der Waals surface area contributed by atoms with Gasteiger partial charge in [0.2, 0.25) is 0 Å². The lowest BCUT2D eigenvalue weighted by molar-refractivity contribution is -0.139. The molecule has 7 nitrogen and oxygen atoms in total. The van der Waals surface area contributed by atoms with Crippen LogP contribution in [0.3, 0.4) is 0 Å². The molecule has 1 aromatic carbocycles. The van der Waals surface area contributed by atoms with Crippen molar-refractivity contribution in [1.82, 2.24) is 4.98 Å². The van der Waals surface area contributed by atoms with E-state index < -0.39 is 5.56 Å². The summed E-state index contributed by atoms with van der Waals surface area (Å²) in [5.41, 5.74) is 5.40. The number of carbonyl (C=O) groups excluding carboxylic acids is 1. The molecule has 1 heterocycles. The van der Waals surface area contributed by atoms with Crippen molar-refractivity contribution in [1.29, 1.82) is 10.5 Å². The number of anilines is 1. The molecular formula is C20H18N4O3. The maximum atomic E-state index is 12.4.